The zero-order chi connectivity index (χ0) is 24.2. The molecule has 34 heavy (non-hydrogen) atoms. The average Bonchev–Trinajstić information content (AvgIpc) is 2.87. The van der Waals surface area contributed by atoms with Crippen LogP contribution in [0.3, 0.4) is 0 Å². The van der Waals surface area contributed by atoms with E-state index in [4.69, 9.17) is 4.74 Å². The lowest BCUT2D eigenvalue weighted by atomic mass is 10.0. The summed E-state index contributed by atoms with van der Waals surface area (Å²) in [5, 5.41) is 5.89. The number of nitrogens with zero attached hydrogens (tertiary/aromatic N) is 1. The van der Waals surface area contributed by atoms with Crippen molar-refractivity contribution in [2.45, 2.75) is 58.3 Å². The molecule has 1 saturated heterocycles. The minimum atomic E-state index is -0.172. The van der Waals surface area contributed by atoms with Crippen LogP contribution in [0.25, 0.3) is 0 Å². The normalized spacial score (nSPS) is 13.5. The molecule has 6 heteroatoms. The zero-order valence-corrected chi connectivity index (χ0v) is 20.7. The maximum absolute atomic E-state index is 12.9. The molecule has 184 valence electrons. The van der Waals surface area contributed by atoms with Crippen LogP contribution in [-0.4, -0.2) is 45.2 Å². The quantitative estimate of drug-likeness (QED) is 0.410. The first kappa shape index (κ1) is 25.8. The Labute approximate surface area is 204 Å². The van der Waals surface area contributed by atoms with Crippen molar-refractivity contribution in [3.8, 4) is 0 Å². The minimum absolute atomic E-state index is 0.152. The fourth-order valence-electron chi connectivity index (χ4n) is 4.35. The standard InChI is InChI=1S/C28H39N3O3/c1-3-4-5-7-10-22-11-13-23(14-12-22)27(32)30-24-15-16-26(31-18-8-6-9-19-31)25(21-24)28(33)29-17-20-34-2/h11-16,21H,3-10,17-20H2,1-2H3,(H,29,33)(H,30,32). The number of aryl methyl sites for hydroxylation is 1. The smallest absolute Gasteiger partial charge is 0.255 e. The van der Waals surface area contributed by atoms with Crippen molar-refractivity contribution in [3.05, 3.63) is 59.2 Å². The molecule has 0 unspecified atom stereocenters. The van der Waals surface area contributed by atoms with Gasteiger partial charge in [0, 0.05) is 43.7 Å². The van der Waals surface area contributed by atoms with E-state index < -0.39 is 0 Å². The summed E-state index contributed by atoms with van der Waals surface area (Å²) in [6.45, 7) is 4.99. The van der Waals surface area contributed by atoms with Crippen molar-refractivity contribution >= 4 is 23.2 Å². The third-order valence-electron chi connectivity index (χ3n) is 6.32. The van der Waals surface area contributed by atoms with Crippen molar-refractivity contribution < 1.29 is 14.3 Å². The second kappa shape index (κ2) is 13.8. The topological polar surface area (TPSA) is 70.7 Å². The number of amides is 2. The molecule has 0 bridgehead atoms. The lowest BCUT2D eigenvalue weighted by molar-refractivity contribution is 0.0936. The molecule has 2 N–H and O–H groups in total. The predicted octanol–water partition coefficient (Wildman–Crippen LogP) is 5.43. The van der Waals surface area contributed by atoms with Crippen LogP contribution >= 0.6 is 0 Å². The van der Waals surface area contributed by atoms with Gasteiger partial charge in [0.15, 0.2) is 0 Å². The van der Waals surface area contributed by atoms with E-state index in [0.29, 0.717) is 30.0 Å². The van der Waals surface area contributed by atoms with Crippen LogP contribution in [0.4, 0.5) is 11.4 Å². The molecule has 0 aromatic heterocycles. The molecule has 2 amide bonds. The average molecular weight is 466 g/mol. The Morgan fingerprint density at radius 3 is 2.41 bits per heavy atom. The Kier molecular flexibility index (Phi) is 10.4. The number of carbonyl (C=O) groups excluding carboxylic acids is 2. The number of methoxy groups -OCH3 is 1. The fraction of sp³-hybridized carbons (Fsp3) is 0.500. The molecule has 0 aliphatic carbocycles. The SMILES string of the molecule is CCCCCCc1ccc(C(=O)Nc2ccc(N3CCCCC3)c(C(=O)NCCOC)c2)cc1. The third kappa shape index (κ3) is 7.59. The van der Waals surface area contributed by atoms with E-state index in [2.05, 4.69) is 22.5 Å². The number of benzene rings is 2. The molecule has 1 aliphatic heterocycles. The highest BCUT2D eigenvalue weighted by Crippen LogP contribution is 2.27. The van der Waals surface area contributed by atoms with Gasteiger partial charge in [0.25, 0.3) is 11.8 Å². The van der Waals surface area contributed by atoms with E-state index in [1.807, 2.05) is 36.4 Å². The lowest BCUT2D eigenvalue weighted by Crippen LogP contribution is -2.33. The number of anilines is 2. The Balaban J connectivity index is 1.70. The van der Waals surface area contributed by atoms with Crippen LogP contribution < -0.4 is 15.5 Å². The van der Waals surface area contributed by atoms with Crippen molar-refractivity contribution in [1.29, 1.82) is 0 Å². The highest BCUT2D eigenvalue weighted by Gasteiger charge is 2.20. The van der Waals surface area contributed by atoms with Gasteiger partial charge in [-0.05, 0) is 68.0 Å². The summed E-state index contributed by atoms with van der Waals surface area (Å²) in [6.07, 6.45) is 9.43. The molecule has 0 spiro atoms. The van der Waals surface area contributed by atoms with Crippen LogP contribution in [0.1, 0.15) is 78.1 Å². The largest absolute Gasteiger partial charge is 0.383 e. The van der Waals surface area contributed by atoms with Crippen molar-refractivity contribution in [2.75, 3.05) is 43.6 Å². The van der Waals surface area contributed by atoms with Crippen LogP contribution in [0.5, 0.6) is 0 Å². The van der Waals surface area contributed by atoms with Gasteiger partial charge in [0.1, 0.15) is 0 Å². The number of ether oxygens (including phenoxy) is 1. The maximum Gasteiger partial charge on any atom is 0.255 e. The van der Waals surface area contributed by atoms with Gasteiger partial charge in [-0.25, -0.2) is 0 Å². The molecule has 0 radical (unpaired) electrons. The van der Waals surface area contributed by atoms with Gasteiger partial charge in [0.2, 0.25) is 0 Å². The number of rotatable bonds is 12. The van der Waals surface area contributed by atoms with E-state index in [1.54, 1.807) is 13.2 Å². The third-order valence-corrected chi connectivity index (χ3v) is 6.32. The summed E-state index contributed by atoms with van der Waals surface area (Å²) >= 11 is 0. The highest BCUT2D eigenvalue weighted by molar-refractivity contribution is 6.06. The van der Waals surface area contributed by atoms with Gasteiger partial charge in [0.05, 0.1) is 12.2 Å². The molecule has 6 nitrogen and oxygen atoms in total. The molecule has 1 aliphatic rings. The zero-order valence-electron chi connectivity index (χ0n) is 20.7. The Bertz CT molecular complexity index is 921. The second-order valence-electron chi connectivity index (χ2n) is 8.99. The van der Waals surface area contributed by atoms with E-state index in [9.17, 15) is 9.59 Å². The molecular formula is C28H39N3O3. The first-order valence-corrected chi connectivity index (χ1v) is 12.7. The molecule has 3 rings (SSSR count). The van der Waals surface area contributed by atoms with Crippen LogP contribution in [0.2, 0.25) is 0 Å². The van der Waals surface area contributed by atoms with E-state index in [-0.39, 0.29) is 11.8 Å². The Hall–Kier alpha value is -2.86. The van der Waals surface area contributed by atoms with Crippen molar-refractivity contribution in [3.63, 3.8) is 0 Å². The molecule has 2 aromatic rings. The fourth-order valence-corrected chi connectivity index (χ4v) is 4.35. The van der Waals surface area contributed by atoms with Gasteiger partial charge >= 0.3 is 0 Å². The molecule has 2 aromatic carbocycles. The van der Waals surface area contributed by atoms with Gasteiger partial charge in [-0.15, -0.1) is 0 Å². The lowest BCUT2D eigenvalue weighted by Gasteiger charge is -2.30. The summed E-state index contributed by atoms with van der Waals surface area (Å²) in [7, 11) is 1.61. The number of hydrogen-bond donors (Lipinski definition) is 2. The number of hydrogen-bond acceptors (Lipinski definition) is 4. The maximum atomic E-state index is 12.9. The van der Waals surface area contributed by atoms with Gasteiger partial charge in [-0.3, -0.25) is 9.59 Å². The van der Waals surface area contributed by atoms with Gasteiger partial charge in [-0.2, -0.15) is 0 Å². The number of unbranched alkanes of at least 4 members (excludes halogenated alkanes) is 3. The molecule has 1 fully saturated rings. The summed E-state index contributed by atoms with van der Waals surface area (Å²) in [5.74, 6) is -0.324. The second-order valence-corrected chi connectivity index (χ2v) is 8.99. The van der Waals surface area contributed by atoms with Crippen molar-refractivity contribution in [1.82, 2.24) is 5.32 Å². The molecule has 0 saturated carbocycles. The van der Waals surface area contributed by atoms with Crippen LogP contribution in [0.15, 0.2) is 42.5 Å². The summed E-state index contributed by atoms with van der Waals surface area (Å²) in [6, 6.07) is 13.5. The Morgan fingerprint density at radius 2 is 1.71 bits per heavy atom. The summed E-state index contributed by atoms with van der Waals surface area (Å²) in [5.41, 5.74) is 3.99. The molecule has 0 atom stereocenters. The number of piperidine rings is 1. The monoisotopic (exact) mass is 465 g/mol. The minimum Gasteiger partial charge on any atom is -0.383 e. The van der Waals surface area contributed by atoms with Crippen molar-refractivity contribution in [2.24, 2.45) is 0 Å². The van der Waals surface area contributed by atoms with E-state index in [1.165, 1.54) is 37.7 Å². The number of nitrogens with one attached hydrogen (secondary N) is 2. The summed E-state index contributed by atoms with van der Waals surface area (Å²) in [4.78, 5) is 28.1. The van der Waals surface area contributed by atoms with E-state index >= 15 is 0 Å². The predicted molar refractivity (Wildman–Crippen MR) is 139 cm³/mol. The molecular weight excluding hydrogens is 426 g/mol. The van der Waals surface area contributed by atoms with Gasteiger partial charge < -0.3 is 20.3 Å². The highest BCUT2D eigenvalue weighted by atomic mass is 16.5. The Morgan fingerprint density at radius 1 is 0.941 bits per heavy atom. The first-order valence-electron chi connectivity index (χ1n) is 12.7. The van der Waals surface area contributed by atoms with Gasteiger partial charge in [-0.1, -0.05) is 38.3 Å². The van der Waals surface area contributed by atoms with E-state index in [0.717, 1.165) is 38.0 Å². The summed E-state index contributed by atoms with van der Waals surface area (Å²) < 4.78 is 5.06. The number of carbonyl (C=O) groups is 2. The van der Waals surface area contributed by atoms with Crippen LogP contribution in [0, 0.1) is 0 Å². The first-order chi connectivity index (χ1) is 16.6. The van der Waals surface area contributed by atoms with Crippen LogP contribution in [-0.2, 0) is 11.2 Å². The molecule has 1 heterocycles.